The van der Waals surface area contributed by atoms with Crippen molar-refractivity contribution in [3.63, 3.8) is 0 Å². The third-order valence-electron chi connectivity index (χ3n) is 5.00. The van der Waals surface area contributed by atoms with Crippen LogP contribution < -0.4 is 5.32 Å². The van der Waals surface area contributed by atoms with Gasteiger partial charge >= 0.3 is 5.97 Å². The molecule has 3 rings (SSSR count). The number of carbonyl (C=O) groups is 2. The number of aryl methyl sites for hydroxylation is 1. The second-order valence-corrected chi connectivity index (χ2v) is 6.44. The topological polar surface area (TPSA) is 82.8 Å². The number of amides is 1. The molecule has 1 aromatic heterocycles. The quantitative estimate of drug-likeness (QED) is 0.875. The van der Waals surface area contributed by atoms with Gasteiger partial charge in [0.25, 0.3) is 0 Å². The number of hydrogen-bond donors (Lipinski definition) is 2. The Hall–Kier alpha value is -1.82. The Morgan fingerprint density at radius 2 is 2.18 bits per heavy atom. The zero-order valence-corrected chi connectivity index (χ0v) is 12.6. The van der Waals surface area contributed by atoms with E-state index in [-0.39, 0.29) is 11.3 Å². The fourth-order valence-electron chi connectivity index (χ4n) is 3.55. The zero-order chi connectivity index (χ0) is 15.6. The Morgan fingerprint density at radius 1 is 1.41 bits per heavy atom. The van der Waals surface area contributed by atoms with E-state index < -0.39 is 12.0 Å². The first kappa shape index (κ1) is 15.1. The molecular weight excluding hydrogens is 284 g/mol. The molecule has 2 fully saturated rings. The molecule has 0 radical (unpaired) electrons. The molecule has 0 aromatic carbocycles. The van der Waals surface area contributed by atoms with Crippen LogP contribution in [-0.4, -0.2) is 47.6 Å². The van der Waals surface area contributed by atoms with E-state index in [1.807, 2.05) is 17.0 Å². The van der Waals surface area contributed by atoms with E-state index in [0.717, 1.165) is 38.2 Å². The van der Waals surface area contributed by atoms with Crippen molar-refractivity contribution in [1.29, 1.82) is 0 Å². The molecule has 2 N–H and O–H groups in total. The van der Waals surface area contributed by atoms with Crippen LogP contribution in [0.4, 0.5) is 0 Å². The molecule has 2 aliphatic rings. The fourth-order valence-corrected chi connectivity index (χ4v) is 3.55. The molecule has 6 nitrogen and oxygen atoms in total. The second kappa shape index (κ2) is 6.12. The first-order valence-corrected chi connectivity index (χ1v) is 7.84. The van der Waals surface area contributed by atoms with Crippen molar-refractivity contribution in [3.05, 3.63) is 24.2 Å². The van der Waals surface area contributed by atoms with E-state index in [1.165, 1.54) is 0 Å². The summed E-state index contributed by atoms with van der Waals surface area (Å²) in [6.45, 7) is 2.20. The highest BCUT2D eigenvalue weighted by Crippen LogP contribution is 2.39. The number of aliphatic carboxylic acids is 1. The van der Waals surface area contributed by atoms with Crippen LogP contribution in [0, 0.1) is 5.41 Å². The number of piperidine rings is 1. The molecule has 0 aliphatic carbocycles. The lowest BCUT2D eigenvalue weighted by atomic mass is 9.76. The van der Waals surface area contributed by atoms with Crippen molar-refractivity contribution in [2.24, 2.45) is 5.41 Å². The minimum absolute atomic E-state index is 0.0564. The molecule has 2 saturated heterocycles. The predicted molar refractivity (Wildman–Crippen MR) is 79.3 cm³/mol. The molecule has 1 spiro atoms. The number of rotatable bonds is 4. The van der Waals surface area contributed by atoms with E-state index >= 15 is 0 Å². The van der Waals surface area contributed by atoms with Crippen molar-refractivity contribution in [2.75, 3.05) is 19.6 Å². The van der Waals surface area contributed by atoms with E-state index in [4.69, 9.17) is 9.52 Å². The van der Waals surface area contributed by atoms with Crippen molar-refractivity contribution < 1.29 is 19.1 Å². The van der Waals surface area contributed by atoms with Gasteiger partial charge in [-0.2, -0.15) is 0 Å². The van der Waals surface area contributed by atoms with Crippen molar-refractivity contribution in [2.45, 2.75) is 38.1 Å². The maximum Gasteiger partial charge on any atom is 0.320 e. The van der Waals surface area contributed by atoms with Gasteiger partial charge in [-0.25, -0.2) is 0 Å². The standard InChI is InChI=1S/C16H22N2O4/c19-14(4-3-12-2-1-9-22-12)18-7-5-16(6-8-18)10-13(15(20)21)17-11-16/h1-2,9,13,17H,3-8,10-11H2,(H,20,21)/t13-/m1/s1. The predicted octanol–water partition coefficient (Wildman–Crippen LogP) is 1.27. The minimum atomic E-state index is -0.770. The highest BCUT2D eigenvalue weighted by atomic mass is 16.4. The number of likely N-dealkylation sites (tertiary alicyclic amines) is 1. The number of carbonyl (C=O) groups excluding carboxylic acids is 1. The maximum absolute atomic E-state index is 12.2. The summed E-state index contributed by atoms with van der Waals surface area (Å²) >= 11 is 0. The molecule has 0 unspecified atom stereocenters. The molecule has 1 amide bonds. The minimum Gasteiger partial charge on any atom is -0.480 e. The molecule has 0 saturated carbocycles. The zero-order valence-electron chi connectivity index (χ0n) is 12.6. The molecule has 6 heteroatoms. The van der Waals surface area contributed by atoms with Crippen LogP contribution in [0.3, 0.4) is 0 Å². The van der Waals surface area contributed by atoms with E-state index in [2.05, 4.69) is 5.32 Å². The summed E-state index contributed by atoms with van der Waals surface area (Å²) < 4.78 is 5.25. The molecule has 1 aromatic rings. The summed E-state index contributed by atoms with van der Waals surface area (Å²) in [6.07, 6.45) is 5.17. The van der Waals surface area contributed by atoms with Crippen LogP contribution in [0.2, 0.25) is 0 Å². The molecule has 1 atom stereocenters. The highest BCUT2D eigenvalue weighted by molar-refractivity contribution is 5.76. The Labute approximate surface area is 129 Å². The number of hydrogen-bond acceptors (Lipinski definition) is 4. The van der Waals surface area contributed by atoms with Gasteiger partial charge in [-0.05, 0) is 36.8 Å². The van der Waals surface area contributed by atoms with Gasteiger partial charge in [-0.3, -0.25) is 9.59 Å². The lowest BCUT2D eigenvalue weighted by Gasteiger charge is -2.39. The van der Waals surface area contributed by atoms with Crippen LogP contribution in [0.1, 0.15) is 31.4 Å². The summed E-state index contributed by atoms with van der Waals surface area (Å²) in [4.78, 5) is 25.2. The number of carboxylic acid groups (broad SMARTS) is 1. The third kappa shape index (κ3) is 3.16. The average molecular weight is 306 g/mol. The smallest absolute Gasteiger partial charge is 0.320 e. The Bertz CT molecular complexity index is 532. The van der Waals surface area contributed by atoms with Gasteiger partial charge in [0, 0.05) is 32.5 Å². The van der Waals surface area contributed by atoms with Crippen LogP contribution >= 0.6 is 0 Å². The molecule has 0 bridgehead atoms. The Morgan fingerprint density at radius 3 is 2.77 bits per heavy atom. The van der Waals surface area contributed by atoms with E-state index in [0.29, 0.717) is 19.3 Å². The summed E-state index contributed by atoms with van der Waals surface area (Å²) in [5.41, 5.74) is 0.0564. The number of carboxylic acids is 1. The maximum atomic E-state index is 12.2. The third-order valence-corrected chi connectivity index (χ3v) is 5.00. The van der Waals surface area contributed by atoms with Gasteiger partial charge < -0.3 is 19.7 Å². The number of nitrogens with one attached hydrogen (secondary N) is 1. The monoisotopic (exact) mass is 306 g/mol. The number of nitrogens with zero attached hydrogens (tertiary/aromatic N) is 1. The van der Waals surface area contributed by atoms with Crippen LogP contribution in [0.5, 0.6) is 0 Å². The molecule has 3 heterocycles. The molecule has 22 heavy (non-hydrogen) atoms. The number of furan rings is 1. The second-order valence-electron chi connectivity index (χ2n) is 6.44. The van der Waals surface area contributed by atoms with Gasteiger partial charge in [0.1, 0.15) is 11.8 Å². The lowest BCUT2D eigenvalue weighted by molar-refractivity contribution is -0.139. The first-order chi connectivity index (χ1) is 10.6. The average Bonchev–Trinajstić information content (AvgIpc) is 3.16. The van der Waals surface area contributed by atoms with Crippen LogP contribution in [0.25, 0.3) is 0 Å². The van der Waals surface area contributed by atoms with Crippen LogP contribution in [0.15, 0.2) is 22.8 Å². The normalized spacial score (nSPS) is 23.8. The lowest BCUT2D eigenvalue weighted by Crippen LogP contribution is -2.44. The molecule has 120 valence electrons. The highest BCUT2D eigenvalue weighted by Gasteiger charge is 2.44. The summed E-state index contributed by atoms with van der Waals surface area (Å²) in [6, 6.07) is 3.28. The SMILES string of the molecule is O=C(O)[C@H]1CC2(CCN(C(=O)CCc3ccco3)CC2)CN1. The van der Waals surface area contributed by atoms with E-state index in [1.54, 1.807) is 6.26 Å². The Balaban J connectivity index is 1.47. The van der Waals surface area contributed by atoms with Crippen molar-refractivity contribution in [1.82, 2.24) is 10.2 Å². The van der Waals surface area contributed by atoms with Crippen molar-refractivity contribution >= 4 is 11.9 Å². The van der Waals surface area contributed by atoms with Gasteiger partial charge in [0.15, 0.2) is 0 Å². The summed E-state index contributed by atoms with van der Waals surface area (Å²) in [5, 5.41) is 12.2. The van der Waals surface area contributed by atoms with Crippen LogP contribution in [-0.2, 0) is 16.0 Å². The summed E-state index contributed by atoms with van der Waals surface area (Å²) in [7, 11) is 0. The molecule has 2 aliphatic heterocycles. The van der Waals surface area contributed by atoms with Gasteiger partial charge in [0.2, 0.25) is 5.91 Å². The summed E-state index contributed by atoms with van der Waals surface area (Å²) in [5.74, 6) is 0.229. The van der Waals surface area contributed by atoms with Gasteiger partial charge in [-0.1, -0.05) is 0 Å². The van der Waals surface area contributed by atoms with Gasteiger partial charge in [-0.15, -0.1) is 0 Å². The van der Waals surface area contributed by atoms with Crippen molar-refractivity contribution in [3.8, 4) is 0 Å². The first-order valence-electron chi connectivity index (χ1n) is 7.84. The molecular formula is C16H22N2O4. The van der Waals surface area contributed by atoms with Gasteiger partial charge in [0.05, 0.1) is 6.26 Å². The Kier molecular flexibility index (Phi) is 4.20. The fraction of sp³-hybridized carbons (Fsp3) is 0.625. The van der Waals surface area contributed by atoms with E-state index in [9.17, 15) is 9.59 Å². The largest absolute Gasteiger partial charge is 0.480 e.